The van der Waals surface area contributed by atoms with Crippen LogP contribution >= 0.6 is 27.3 Å². The zero-order valence-electron chi connectivity index (χ0n) is 19.6. The van der Waals surface area contributed by atoms with Crippen molar-refractivity contribution in [2.45, 2.75) is 33.7 Å². The van der Waals surface area contributed by atoms with Gasteiger partial charge < -0.3 is 9.47 Å². The molecular weight excluding hydrogens is 532 g/mol. The predicted molar refractivity (Wildman–Crippen MR) is 137 cm³/mol. The number of nitrogens with zero attached hydrogens (tertiary/aromatic N) is 2. The van der Waals surface area contributed by atoms with E-state index in [0.717, 1.165) is 16.7 Å². The standard InChI is InChI=1S/C26H23BrN2O5S/c1-5-33-25(32)22-15(3)28-26-29(23(22)18-9-6-14(2)7-10-18)24(31)21(35-26)13-17-8-11-20(19(27)12-17)34-16(4)30/h6-13,23H,5H2,1-4H3/b21-13-/t23-/m0/s1. The molecule has 0 spiro atoms. The molecule has 0 saturated carbocycles. The molecule has 0 saturated heterocycles. The Labute approximate surface area is 214 Å². The highest BCUT2D eigenvalue weighted by Crippen LogP contribution is 2.31. The molecule has 2 aromatic carbocycles. The van der Waals surface area contributed by atoms with Gasteiger partial charge in [-0.1, -0.05) is 47.2 Å². The molecule has 180 valence electrons. The molecule has 0 radical (unpaired) electrons. The highest BCUT2D eigenvalue weighted by atomic mass is 79.9. The molecule has 0 N–H and O–H groups in total. The lowest BCUT2D eigenvalue weighted by Gasteiger charge is -2.24. The number of aryl methyl sites for hydroxylation is 1. The summed E-state index contributed by atoms with van der Waals surface area (Å²) in [6.07, 6.45) is 1.75. The average molecular weight is 555 g/mol. The van der Waals surface area contributed by atoms with Crippen LogP contribution in [0.2, 0.25) is 0 Å². The van der Waals surface area contributed by atoms with Gasteiger partial charge in [-0.2, -0.15) is 0 Å². The Balaban J connectivity index is 1.88. The van der Waals surface area contributed by atoms with Crippen molar-refractivity contribution in [1.29, 1.82) is 0 Å². The molecule has 4 rings (SSSR count). The van der Waals surface area contributed by atoms with Crippen LogP contribution < -0.4 is 19.6 Å². The highest BCUT2D eigenvalue weighted by molar-refractivity contribution is 9.10. The summed E-state index contributed by atoms with van der Waals surface area (Å²) < 4.78 is 13.1. The third kappa shape index (κ3) is 5.06. The zero-order chi connectivity index (χ0) is 25.3. The first kappa shape index (κ1) is 24.8. The molecule has 1 aliphatic heterocycles. The van der Waals surface area contributed by atoms with Crippen LogP contribution in [0.15, 0.2) is 68.0 Å². The van der Waals surface area contributed by atoms with E-state index in [2.05, 4.69) is 20.9 Å². The Bertz CT molecular complexity index is 1530. The molecule has 2 heterocycles. The fourth-order valence-corrected chi connectivity index (χ4v) is 5.38. The molecule has 3 aromatic rings. The molecule has 0 bridgehead atoms. The SMILES string of the molecule is CCOC(=O)C1=C(C)N=c2s/c(=C\c3ccc(OC(C)=O)c(Br)c3)c(=O)n2[C@H]1c1ccc(C)cc1. The van der Waals surface area contributed by atoms with Crippen molar-refractivity contribution < 1.29 is 19.1 Å². The topological polar surface area (TPSA) is 87.0 Å². The van der Waals surface area contributed by atoms with Crippen molar-refractivity contribution in [3.8, 4) is 5.75 Å². The van der Waals surface area contributed by atoms with E-state index in [1.807, 2.05) is 31.2 Å². The Morgan fingerprint density at radius 1 is 1.17 bits per heavy atom. The number of carbonyl (C=O) groups excluding carboxylic acids is 2. The Hall–Kier alpha value is -3.30. The molecule has 1 aliphatic rings. The number of ether oxygens (including phenoxy) is 2. The molecule has 0 aliphatic carbocycles. The molecule has 35 heavy (non-hydrogen) atoms. The number of fused-ring (bicyclic) bond motifs is 1. The molecule has 1 aromatic heterocycles. The van der Waals surface area contributed by atoms with Crippen molar-refractivity contribution in [3.63, 3.8) is 0 Å². The van der Waals surface area contributed by atoms with Crippen molar-refractivity contribution in [2.24, 2.45) is 4.99 Å². The zero-order valence-corrected chi connectivity index (χ0v) is 22.0. The minimum atomic E-state index is -0.647. The van der Waals surface area contributed by atoms with Crippen molar-refractivity contribution >= 4 is 45.3 Å². The Morgan fingerprint density at radius 3 is 2.51 bits per heavy atom. The molecule has 0 fully saturated rings. The third-order valence-corrected chi connectivity index (χ3v) is 7.02. The second-order valence-corrected chi connectivity index (χ2v) is 9.86. The molecule has 9 heteroatoms. The maximum absolute atomic E-state index is 13.6. The third-order valence-electron chi connectivity index (χ3n) is 5.42. The first-order chi connectivity index (χ1) is 16.7. The van der Waals surface area contributed by atoms with Gasteiger partial charge in [0.25, 0.3) is 5.56 Å². The van der Waals surface area contributed by atoms with E-state index >= 15 is 0 Å². The van der Waals surface area contributed by atoms with Crippen LogP contribution in [-0.4, -0.2) is 23.1 Å². The molecule has 0 amide bonds. The van der Waals surface area contributed by atoms with Gasteiger partial charge >= 0.3 is 11.9 Å². The number of thiazole rings is 1. The maximum Gasteiger partial charge on any atom is 0.338 e. The normalized spacial score (nSPS) is 15.5. The molecule has 0 unspecified atom stereocenters. The van der Waals surface area contributed by atoms with Gasteiger partial charge in [0.2, 0.25) is 0 Å². The highest BCUT2D eigenvalue weighted by Gasteiger charge is 2.33. The summed E-state index contributed by atoms with van der Waals surface area (Å²) in [5.74, 6) is -0.514. The summed E-state index contributed by atoms with van der Waals surface area (Å²) in [4.78, 5) is 42.9. The summed E-state index contributed by atoms with van der Waals surface area (Å²) in [6, 6.07) is 12.3. The van der Waals surface area contributed by atoms with Gasteiger partial charge in [0.15, 0.2) is 4.80 Å². The van der Waals surface area contributed by atoms with Gasteiger partial charge in [0.1, 0.15) is 5.75 Å². The fraction of sp³-hybridized carbons (Fsp3) is 0.231. The summed E-state index contributed by atoms with van der Waals surface area (Å²) in [6.45, 7) is 7.04. The number of esters is 2. The number of rotatable bonds is 5. The van der Waals surface area contributed by atoms with Crippen LogP contribution in [0.25, 0.3) is 6.08 Å². The molecule has 1 atom stereocenters. The van der Waals surface area contributed by atoms with Crippen LogP contribution in [0, 0.1) is 6.92 Å². The van der Waals surface area contributed by atoms with Gasteiger partial charge in [0, 0.05) is 6.92 Å². The van der Waals surface area contributed by atoms with Crippen molar-refractivity contribution in [2.75, 3.05) is 6.61 Å². The van der Waals surface area contributed by atoms with Gasteiger partial charge in [-0.3, -0.25) is 14.2 Å². The van der Waals surface area contributed by atoms with Crippen LogP contribution in [-0.2, 0) is 14.3 Å². The lowest BCUT2D eigenvalue weighted by atomic mass is 9.95. The Kier molecular flexibility index (Phi) is 7.18. The number of allylic oxidation sites excluding steroid dienone is 1. The molecular formula is C26H23BrN2O5S. The van der Waals surface area contributed by atoms with E-state index in [4.69, 9.17) is 9.47 Å². The lowest BCUT2D eigenvalue weighted by Crippen LogP contribution is -2.39. The number of hydrogen-bond acceptors (Lipinski definition) is 7. The van der Waals surface area contributed by atoms with Crippen molar-refractivity contribution in [3.05, 3.63) is 94.6 Å². The van der Waals surface area contributed by atoms with E-state index < -0.39 is 18.0 Å². The molecule has 7 nitrogen and oxygen atoms in total. The van der Waals surface area contributed by atoms with Gasteiger partial charge in [-0.25, -0.2) is 9.79 Å². The predicted octanol–water partition coefficient (Wildman–Crippen LogP) is 3.79. The summed E-state index contributed by atoms with van der Waals surface area (Å²) >= 11 is 4.65. The monoisotopic (exact) mass is 554 g/mol. The van der Waals surface area contributed by atoms with Crippen LogP contribution in [0.4, 0.5) is 0 Å². The largest absolute Gasteiger partial charge is 0.463 e. The second-order valence-electron chi connectivity index (χ2n) is 8.00. The van der Waals surface area contributed by atoms with E-state index in [9.17, 15) is 14.4 Å². The summed E-state index contributed by atoms with van der Waals surface area (Å²) in [5.41, 5.74) is 3.23. The first-order valence-electron chi connectivity index (χ1n) is 10.9. The first-order valence-corrected chi connectivity index (χ1v) is 12.5. The number of benzene rings is 2. The quantitative estimate of drug-likeness (QED) is 0.353. The van der Waals surface area contributed by atoms with Gasteiger partial charge in [-0.15, -0.1) is 0 Å². The van der Waals surface area contributed by atoms with E-state index in [0.29, 0.717) is 30.8 Å². The van der Waals surface area contributed by atoms with Crippen LogP contribution in [0.1, 0.15) is 43.5 Å². The van der Waals surface area contributed by atoms with E-state index in [1.54, 1.807) is 42.7 Å². The number of hydrogen-bond donors (Lipinski definition) is 0. The summed E-state index contributed by atoms with van der Waals surface area (Å²) in [5, 5.41) is 0. The Morgan fingerprint density at radius 2 is 1.89 bits per heavy atom. The van der Waals surface area contributed by atoms with Crippen LogP contribution in [0.5, 0.6) is 5.75 Å². The minimum Gasteiger partial charge on any atom is -0.463 e. The minimum absolute atomic E-state index is 0.221. The van der Waals surface area contributed by atoms with Crippen molar-refractivity contribution in [1.82, 2.24) is 4.57 Å². The average Bonchev–Trinajstić information content (AvgIpc) is 3.09. The number of halogens is 1. The van der Waals surface area contributed by atoms with Gasteiger partial charge in [-0.05, 0) is 66.0 Å². The van der Waals surface area contributed by atoms with Gasteiger partial charge in [0.05, 0.1) is 32.9 Å². The maximum atomic E-state index is 13.6. The summed E-state index contributed by atoms with van der Waals surface area (Å²) in [7, 11) is 0. The number of carbonyl (C=O) groups is 2. The lowest BCUT2D eigenvalue weighted by molar-refractivity contribution is -0.139. The second kappa shape index (κ2) is 10.1. The van der Waals surface area contributed by atoms with Crippen LogP contribution in [0.3, 0.4) is 0 Å². The van der Waals surface area contributed by atoms with E-state index in [1.165, 1.54) is 18.3 Å². The fourth-order valence-electron chi connectivity index (χ4n) is 3.85. The van der Waals surface area contributed by atoms with E-state index in [-0.39, 0.29) is 12.2 Å². The smallest absolute Gasteiger partial charge is 0.338 e. The number of aromatic nitrogens is 1.